The highest BCUT2D eigenvalue weighted by Gasteiger charge is 2.13. The van der Waals surface area contributed by atoms with E-state index in [2.05, 4.69) is 0 Å². The third kappa shape index (κ3) is 6.54. The summed E-state index contributed by atoms with van der Waals surface area (Å²) in [6, 6.07) is 3.59. The lowest BCUT2D eigenvalue weighted by molar-refractivity contribution is 0.0806. The zero-order valence-electron chi connectivity index (χ0n) is 10.8. The monoisotopic (exact) mass is 272 g/mol. The largest absolute Gasteiger partial charge is 0.491 e. The molecule has 1 aromatic rings. The summed E-state index contributed by atoms with van der Waals surface area (Å²) in [5.74, 6) is -0.342. The summed E-state index contributed by atoms with van der Waals surface area (Å²) in [4.78, 5) is 0. The van der Waals surface area contributed by atoms with Crippen molar-refractivity contribution in [2.24, 2.45) is 0 Å². The molecule has 0 amide bonds. The third-order valence-corrected chi connectivity index (χ3v) is 2.33. The average Bonchev–Trinajstić information content (AvgIpc) is 2.37. The Morgan fingerprint density at radius 2 is 1.89 bits per heavy atom. The van der Waals surface area contributed by atoms with E-state index in [0.717, 1.165) is 12.5 Å². The van der Waals surface area contributed by atoms with E-state index in [1.807, 2.05) is 0 Å². The maximum Gasteiger partial charge on any atom is 0.488 e. The van der Waals surface area contributed by atoms with Gasteiger partial charge >= 0.3 is 7.12 Å². The zero-order chi connectivity index (χ0) is 14.1. The molecule has 0 radical (unpaired) electrons. The Bertz CT molecular complexity index is 375. The first-order chi connectivity index (χ1) is 9.13. The van der Waals surface area contributed by atoms with Crippen molar-refractivity contribution in [1.82, 2.24) is 0 Å². The van der Waals surface area contributed by atoms with E-state index in [-0.39, 0.29) is 17.8 Å². The van der Waals surface area contributed by atoms with Gasteiger partial charge in [-0.05, 0) is 24.0 Å². The molecule has 0 aliphatic carbocycles. The maximum atomic E-state index is 13.2. The molecule has 0 bridgehead atoms. The van der Waals surface area contributed by atoms with Crippen molar-refractivity contribution in [2.45, 2.75) is 6.42 Å². The van der Waals surface area contributed by atoms with Gasteiger partial charge in [0.1, 0.15) is 18.2 Å². The summed E-state index contributed by atoms with van der Waals surface area (Å²) in [6.07, 6.45) is 0.803. The van der Waals surface area contributed by atoms with Gasteiger partial charge < -0.3 is 24.3 Å². The van der Waals surface area contributed by atoms with Crippen molar-refractivity contribution in [2.75, 3.05) is 33.5 Å². The van der Waals surface area contributed by atoms with Crippen LogP contribution in [0.2, 0.25) is 0 Å². The Hall–Kier alpha value is -1.15. The van der Waals surface area contributed by atoms with Crippen LogP contribution in [0.25, 0.3) is 0 Å². The van der Waals surface area contributed by atoms with Gasteiger partial charge in [0.25, 0.3) is 0 Å². The van der Waals surface area contributed by atoms with Crippen molar-refractivity contribution >= 4 is 12.6 Å². The highest BCUT2D eigenvalue weighted by atomic mass is 19.1. The second-order valence-corrected chi connectivity index (χ2v) is 3.90. The molecule has 0 fully saturated rings. The fraction of sp³-hybridized carbons (Fsp3) is 0.500. The minimum absolute atomic E-state index is 0.0519. The molecule has 1 rings (SSSR count). The van der Waals surface area contributed by atoms with Gasteiger partial charge in [-0.25, -0.2) is 4.39 Å². The highest BCUT2D eigenvalue weighted by Crippen LogP contribution is 2.10. The van der Waals surface area contributed by atoms with Crippen LogP contribution >= 0.6 is 0 Å². The number of hydrogen-bond acceptors (Lipinski definition) is 5. The molecule has 106 valence electrons. The molecular formula is C12H18BFO5. The molecule has 7 heteroatoms. The Morgan fingerprint density at radius 1 is 1.11 bits per heavy atom. The molecular weight excluding hydrogens is 254 g/mol. The SMILES string of the molecule is COCCCOCCOc1cc(F)cc(B(O)O)c1. The van der Waals surface area contributed by atoms with E-state index in [9.17, 15) is 4.39 Å². The fourth-order valence-electron chi connectivity index (χ4n) is 1.44. The average molecular weight is 272 g/mol. The summed E-state index contributed by atoms with van der Waals surface area (Å²) in [5.41, 5.74) is 0.0519. The van der Waals surface area contributed by atoms with Crippen LogP contribution in [0.3, 0.4) is 0 Å². The van der Waals surface area contributed by atoms with Crippen LogP contribution in [0, 0.1) is 5.82 Å². The first kappa shape index (κ1) is 15.9. The van der Waals surface area contributed by atoms with Crippen LogP contribution in [0.5, 0.6) is 5.75 Å². The predicted molar refractivity (Wildman–Crippen MR) is 69.0 cm³/mol. The minimum Gasteiger partial charge on any atom is -0.491 e. The van der Waals surface area contributed by atoms with E-state index in [1.165, 1.54) is 12.1 Å². The van der Waals surface area contributed by atoms with Crippen LogP contribution in [0.15, 0.2) is 18.2 Å². The van der Waals surface area contributed by atoms with E-state index < -0.39 is 12.9 Å². The molecule has 0 saturated heterocycles. The van der Waals surface area contributed by atoms with Crippen molar-refractivity contribution in [3.63, 3.8) is 0 Å². The summed E-state index contributed by atoms with van der Waals surface area (Å²) in [5, 5.41) is 17.9. The molecule has 1 aromatic carbocycles. The Kier molecular flexibility index (Phi) is 7.43. The summed E-state index contributed by atoms with van der Waals surface area (Å²) >= 11 is 0. The lowest BCUT2D eigenvalue weighted by atomic mass is 9.80. The van der Waals surface area contributed by atoms with Crippen molar-refractivity contribution in [3.8, 4) is 5.75 Å². The van der Waals surface area contributed by atoms with Gasteiger partial charge in [0.15, 0.2) is 0 Å². The van der Waals surface area contributed by atoms with Gasteiger partial charge in [-0.2, -0.15) is 0 Å². The summed E-state index contributed by atoms with van der Waals surface area (Å²) in [6.45, 7) is 1.85. The van der Waals surface area contributed by atoms with Gasteiger partial charge in [-0.1, -0.05) is 0 Å². The molecule has 2 N–H and O–H groups in total. The van der Waals surface area contributed by atoms with Gasteiger partial charge in [0.05, 0.1) is 6.61 Å². The smallest absolute Gasteiger partial charge is 0.488 e. The van der Waals surface area contributed by atoms with Gasteiger partial charge in [-0.3, -0.25) is 0 Å². The van der Waals surface area contributed by atoms with Crippen LogP contribution in [0.4, 0.5) is 4.39 Å². The minimum atomic E-state index is -1.72. The topological polar surface area (TPSA) is 68.2 Å². The molecule has 0 saturated carbocycles. The molecule has 0 unspecified atom stereocenters. The molecule has 0 spiro atoms. The Labute approximate surface area is 112 Å². The van der Waals surface area contributed by atoms with Crippen LogP contribution in [0.1, 0.15) is 6.42 Å². The molecule has 0 aliphatic rings. The lowest BCUT2D eigenvalue weighted by Crippen LogP contribution is -2.30. The van der Waals surface area contributed by atoms with Crippen LogP contribution in [-0.4, -0.2) is 50.7 Å². The van der Waals surface area contributed by atoms with Crippen molar-refractivity contribution < 1.29 is 28.6 Å². The van der Waals surface area contributed by atoms with Crippen molar-refractivity contribution in [1.29, 1.82) is 0 Å². The normalized spacial score (nSPS) is 10.5. The number of halogens is 1. The van der Waals surface area contributed by atoms with E-state index in [4.69, 9.17) is 24.3 Å². The number of hydrogen-bond donors (Lipinski definition) is 2. The molecule has 5 nitrogen and oxygen atoms in total. The number of benzene rings is 1. The highest BCUT2D eigenvalue weighted by molar-refractivity contribution is 6.58. The van der Waals surface area contributed by atoms with Gasteiger partial charge in [-0.15, -0.1) is 0 Å². The number of rotatable bonds is 9. The summed E-state index contributed by atoms with van der Waals surface area (Å²) < 4.78 is 28.6. The quantitative estimate of drug-likeness (QED) is 0.487. The lowest BCUT2D eigenvalue weighted by Gasteiger charge is -2.09. The number of methoxy groups -OCH3 is 1. The van der Waals surface area contributed by atoms with Gasteiger partial charge in [0, 0.05) is 26.4 Å². The first-order valence-corrected chi connectivity index (χ1v) is 5.99. The predicted octanol–water partition coefficient (Wildman–Crippen LogP) is -0.0626. The maximum absolute atomic E-state index is 13.2. The van der Waals surface area contributed by atoms with Crippen LogP contribution in [-0.2, 0) is 9.47 Å². The Balaban J connectivity index is 2.29. The zero-order valence-corrected chi connectivity index (χ0v) is 10.8. The molecule has 0 atom stereocenters. The second-order valence-electron chi connectivity index (χ2n) is 3.90. The van der Waals surface area contributed by atoms with E-state index in [1.54, 1.807) is 7.11 Å². The Morgan fingerprint density at radius 3 is 2.58 bits per heavy atom. The number of ether oxygens (including phenoxy) is 3. The third-order valence-electron chi connectivity index (χ3n) is 2.33. The molecule has 0 aromatic heterocycles. The van der Waals surface area contributed by atoms with Crippen LogP contribution < -0.4 is 10.2 Å². The van der Waals surface area contributed by atoms with E-state index >= 15 is 0 Å². The molecule has 19 heavy (non-hydrogen) atoms. The summed E-state index contributed by atoms with van der Waals surface area (Å²) in [7, 11) is -0.0939. The van der Waals surface area contributed by atoms with Gasteiger partial charge in [0.2, 0.25) is 0 Å². The molecule has 0 aliphatic heterocycles. The second kappa shape index (κ2) is 8.87. The standard InChI is InChI=1S/C12H18BFO5/c1-17-3-2-4-18-5-6-19-12-8-10(13(15)16)7-11(14)9-12/h7-9,15-16H,2-6H2,1H3. The molecule has 0 heterocycles. The van der Waals surface area contributed by atoms with Crippen molar-refractivity contribution in [3.05, 3.63) is 24.0 Å². The first-order valence-electron chi connectivity index (χ1n) is 5.99. The van der Waals surface area contributed by atoms with E-state index in [0.29, 0.717) is 19.8 Å². The fourth-order valence-corrected chi connectivity index (χ4v) is 1.44.